The van der Waals surface area contributed by atoms with Gasteiger partial charge in [0.2, 0.25) is 0 Å². The van der Waals surface area contributed by atoms with Crippen molar-refractivity contribution in [3.8, 4) is 0 Å². The lowest BCUT2D eigenvalue weighted by Crippen LogP contribution is -2.50. The maximum Gasteiger partial charge on any atom is 0.320 e. The van der Waals surface area contributed by atoms with E-state index in [1.165, 1.54) is 0 Å². The van der Waals surface area contributed by atoms with Crippen LogP contribution >= 0.6 is 0 Å². The number of carbonyl (C=O) groups is 2. The maximum atomic E-state index is 12.6. The van der Waals surface area contributed by atoms with Crippen molar-refractivity contribution in [1.82, 2.24) is 14.8 Å². The van der Waals surface area contributed by atoms with Crippen molar-refractivity contribution >= 4 is 22.8 Å². The lowest BCUT2D eigenvalue weighted by Gasteiger charge is -2.33. The minimum Gasteiger partial charge on any atom is -0.465 e. The molecule has 3 rings (SSSR count). The fourth-order valence-electron chi connectivity index (χ4n) is 2.86. The summed E-state index contributed by atoms with van der Waals surface area (Å²) in [4.78, 5) is 31.1. The third-order valence-electron chi connectivity index (χ3n) is 4.08. The Morgan fingerprint density at radius 3 is 2.61 bits per heavy atom. The van der Waals surface area contributed by atoms with Gasteiger partial charge in [0.1, 0.15) is 5.69 Å². The number of para-hydroxylation sites is 1. The number of carbonyl (C=O) groups excluding carboxylic acids is 2. The quantitative estimate of drug-likeness (QED) is 0.868. The highest BCUT2D eigenvalue weighted by Crippen LogP contribution is 2.16. The molecule has 1 fully saturated rings. The molecule has 0 bridgehead atoms. The molecule has 6 heteroatoms. The topological polar surface area (TPSA) is 65.6 Å². The second-order valence-corrected chi connectivity index (χ2v) is 5.64. The molecule has 1 aromatic carbocycles. The number of esters is 1. The molecule has 0 saturated carbocycles. The van der Waals surface area contributed by atoms with Crippen LogP contribution < -0.4 is 0 Å². The van der Waals surface area contributed by atoms with Crippen LogP contribution in [0.2, 0.25) is 0 Å². The summed E-state index contributed by atoms with van der Waals surface area (Å²) in [5.74, 6) is -0.195. The number of amides is 1. The zero-order valence-corrected chi connectivity index (χ0v) is 13.2. The maximum absolute atomic E-state index is 12.6. The fraction of sp³-hybridized carbons (Fsp3) is 0.412. The summed E-state index contributed by atoms with van der Waals surface area (Å²) in [6.07, 6.45) is 0. The van der Waals surface area contributed by atoms with Crippen LogP contribution in [-0.4, -0.2) is 66.0 Å². The molecule has 1 amide bonds. The van der Waals surface area contributed by atoms with Crippen molar-refractivity contribution in [1.29, 1.82) is 0 Å². The van der Waals surface area contributed by atoms with Crippen LogP contribution in [0.15, 0.2) is 30.3 Å². The van der Waals surface area contributed by atoms with Crippen molar-refractivity contribution in [3.05, 3.63) is 36.0 Å². The summed E-state index contributed by atoms with van der Waals surface area (Å²) in [6.45, 7) is 5.10. The third kappa shape index (κ3) is 3.53. The number of ether oxygens (including phenoxy) is 1. The minimum atomic E-state index is -0.206. The van der Waals surface area contributed by atoms with E-state index in [2.05, 4.69) is 4.98 Å². The average molecular weight is 315 g/mol. The Bertz CT molecular complexity index is 669. The van der Waals surface area contributed by atoms with Gasteiger partial charge in [-0.15, -0.1) is 0 Å². The van der Waals surface area contributed by atoms with E-state index < -0.39 is 0 Å². The Morgan fingerprint density at radius 2 is 1.91 bits per heavy atom. The molecule has 122 valence electrons. The normalized spacial score (nSPS) is 15.8. The number of aromatic nitrogens is 1. The van der Waals surface area contributed by atoms with Crippen molar-refractivity contribution < 1.29 is 14.3 Å². The predicted octanol–water partition coefficient (Wildman–Crippen LogP) is 1.49. The standard InChI is InChI=1S/C17H21N3O3/c1-2-23-16(21)12-19-7-9-20(10-8-19)17(22)15-11-13-5-3-4-6-14(13)18-15/h3-6,11,18H,2,7-10,12H2,1H3. The molecule has 1 aliphatic rings. The van der Waals surface area contributed by atoms with E-state index >= 15 is 0 Å². The molecule has 0 radical (unpaired) electrons. The van der Waals surface area contributed by atoms with E-state index in [9.17, 15) is 9.59 Å². The van der Waals surface area contributed by atoms with Gasteiger partial charge >= 0.3 is 5.97 Å². The van der Waals surface area contributed by atoms with Gasteiger partial charge in [-0.25, -0.2) is 0 Å². The lowest BCUT2D eigenvalue weighted by atomic mass is 10.2. The van der Waals surface area contributed by atoms with Crippen LogP contribution in [-0.2, 0) is 9.53 Å². The summed E-state index contributed by atoms with van der Waals surface area (Å²) < 4.78 is 4.96. The van der Waals surface area contributed by atoms with E-state index in [1.807, 2.05) is 40.1 Å². The van der Waals surface area contributed by atoms with Crippen LogP contribution in [0.5, 0.6) is 0 Å². The van der Waals surface area contributed by atoms with Gasteiger partial charge in [0, 0.05) is 37.1 Å². The Morgan fingerprint density at radius 1 is 1.17 bits per heavy atom. The van der Waals surface area contributed by atoms with Gasteiger partial charge in [-0.05, 0) is 19.1 Å². The highest BCUT2D eigenvalue weighted by atomic mass is 16.5. The van der Waals surface area contributed by atoms with Crippen molar-refractivity contribution in [2.24, 2.45) is 0 Å². The van der Waals surface area contributed by atoms with Gasteiger partial charge in [-0.3, -0.25) is 14.5 Å². The number of rotatable bonds is 4. The first-order valence-corrected chi connectivity index (χ1v) is 7.92. The Kier molecular flexibility index (Phi) is 4.62. The molecule has 23 heavy (non-hydrogen) atoms. The molecule has 0 spiro atoms. The number of H-pyrrole nitrogens is 1. The first kappa shape index (κ1) is 15.6. The van der Waals surface area contributed by atoms with Crippen LogP contribution in [0, 0.1) is 0 Å². The summed E-state index contributed by atoms with van der Waals surface area (Å²) in [7, 11) is 0. The van der Waals surface area contributed by atoms with Crippen LogP contribution in [0.3, 0.4) is 0 Å². The molecular weight excluding hydrogens is 294 g/mol. The summed E-state index contributed by atoms with van der Waals surface area (Å²) in [5.41, 5.74) is 1.59. The number of nitrogens with one attached hydrogen (secondary N) is 1. The molecule has 6 nitrogen and oxygen atoms in total. The van der Waals surface area contributed by atoms with Gasteiger partial charge in [-0.1, -0.05) is 18.2 Å². The van der Waals surface area contributed by atoms with Gasteiger partial charge in [0.05, 0.1) is 13.2 Å². The number of fused-ring (bicyclic) bond motifs is 1. The molecule has 0 unspecified atom stereocenters. The third-order valence-corrected chi connectivity index (χ3v) is 4.08. The van der Waals surface area contributed by atoms with Crippen LogP contribution in [0.4, 0.5) is 0 Å². The van der Waals surface area contributed by atoms with Crippen LogP contribution in [0.1, 0.15) is 17.4 Å². The van der Waals surface area contributed by atoms with Gasteiger partial charge in [-0.2, -0.15) is 0 Å². The molecule has 1 aromatic heterocycles. The number of piperazine rings is 1. The van der Waals surface area contributed by atoms with E-state index in [-0.39, 0.29) is 11.9 Å². The van der Waals surface area contributed by atoms with Crippen LogP contribution in [0.25, 0.3) is 10.9 Å². The monoisotopic (exact) mass is 315 g/mol. The average Bonchev–Trinajstić information content (AvgIpc) is 2.99. The van der Waals surface area contributed by atoms with E-state index in [0.717, 1.165) is 10.9 Å². The molecule has 1 N–H and O–H groups in total. The molecule has 0 atom stereocenters. The number of hydrogen-bond donors (Lipinski definition) is 1. The number of benzene rings is 1. The van der Waals surface area contributed by atoms with Crippen molar-refractivity contribution in [3.63, 3.8) is 0 Å². The number of nitrogens with zero attached hydrogens (tertiary/aromatic N) is 2. The molecule has 2 aromatic rings. The zero-order chi connectivity index (χ0) is 16.2. The second-order valence-electron chi connectivity index (χ2n) is 5.64. The van der Waals surface area contributed by atoms with Crippen molar-refractivity contribution in [2.45, 2.75) is 6.92 Å². The van der Waals surface area contributed by atoms with Gasteiger partial charge < -0.3 is 14.6 Å². The van der Waals surface area contributed by atoms with Gasteiger partial charge in [0.15, 0.2) is 0 Å². The zero-order valence-electron chi connectivity index (χ0n) is 13.2. The largest absolute Gasteiger partial charge is 0.465 e. The highest BCUT2D eigenvalue weighted by Gasteiger charge is 2.24. The summed E-state index contributed by atoms with van der Waals surface area (Å²) in [5, 5.41) is 1.04. The first-order chi connectivity index (χ1) is 11.2. The lowest BCUT2D eigenvalue weighted by molar-refractivity contribution is -0.144. The Labute approximate surface area is 135 Å². The molecule has 0 aliphatic carbocycles. The smallest absolute Gasteiger partial charge is 0.320 e. The second kappa shape index (κ2) is 6.83. The Balaban J connectivity index is 1.58. The minimum absolute atomic E-state index is 0.0111. The summed E-state index contributed by atoms with van der Waals surface area (Å²) in [6, 6.07) is 9.74. The molecular formula is C17H21N3O3. The van der Waals surface area contributed by atoms with E-state index in [1.54, 1.807) is 6.92 Å². The number of hydrogen-bond acceptors (Lipinski definition) is 4. The van der Waals surface area contributed by atoms with E-state index in [0.29, 0.717) is 45.0 Å². The summed E-state index contributed by atoms with van der Waals surface area (Å²) >= 11 is 0. The fourth-order valence-corrected chi connectivity index (χ4v) is 2.86. The molecule has 2 heterocycles. The molecule has 1 aliphatic heterocycles. The molecule has 1 saturated heterocycles. The number of aromatic amines is 1. The Hall–Kier alpha value is -2.34. The highest BCUT2D eigenvalue weighted by molar-refractivity contribution is 5.98. The van der Waals surface area contributed by atoms with Crippen molar-refractivity contribution in [2.75, 3.05) is 39.3 Å². The van der Waals surface area contributed by atoms with E-state index in [4.69, 9.17) is 4.74 Å². The first-order valence-electron chi connectivity index (χ1n) is 7.92. The SMILES string of the molecule is CCOC(=O)CN1CCN(C(=O)c2cc3ccccc3[nH]2)CC1. The predicted molar refractivity (Wildman–Crippen MR) is 87.3 cm³/mol. The van der Waals surface area contributed by atoms with Gasteiger partial charge in [0.25, 0.3) is 5.91 Å².